The highest BCUT2D eigenvalue weighted by Gasteiger charge is 2.24. The molecule has 2 amide bonds. The molecule has 2 unspecified atom stereocenters. The largest absolute Gasteiger partial charge is 0.376 e. The summed E-state index contributed by atoms with van der Waals surface area (Å²) < 4.78 is 0. The van der Waals surface area contributed by atoms with Gasteiger partial charge in [-0.25, -0.2) is 0 Å². The van der Waals surface area contributed by atoms with E-state index in [2.05, 4.69) is 95.0 Å². The second-order valence-electron chi connectivity index (χ2n) is 11.9. The van der Waals surface area contributed by atoms with Crippen LogP contribution in [0.25, 0.3) is 10.8 Å². The Morgan fingerprint density at radius 1 is 0.765 bits per heavy atom. The number of carbonyl (C=O) groups is 3. The lowest BCUT2D eigenvalue weighted by atomic mass is 9.96. The molecule has 0 saturated heterocycles. The first kappa shape index (κ1) is 59.5. The molecule has 0 fully saturated rings. The fourth-order valence-electron chi connectivity index (χ4n) is 3.93. The Bertz CT molecular complexity index is 1120. The number of carbonyl (C=O) groups excluding carboxylic acids is 3. The predicted octanol–water partition coefficient (Wildman–Crippen LogP) is 12.0. The number of nitrogens with two attached hydrogens (primary N) is 1. The van der Waals surface area contributed by atoms with Gasteiger partial charge in [0, 0.05) is 18.0 Å². The first-order chi connectivity index (χ1) is 24.2. The van der Waals surface area contributed by atoms with Gasteiger partial charge in [-0.05, 0) is 61.3 Å². The maximum Gasteiger partial charge on any atom is 0.239 e. The first-order valence-corrected chi connectivity index (χ1v) is 19.3. The van der Waals surface area contributed by atoms with Crippen LogP contribution in [0.3, 0.4) is 0 Å². The van der Waals surface area contributed by atoms with E-state index in [-0.39, 0.29) is 23.7 Å². The van der Waals surface area contributed by atoms with Gasteiger partial charge >= 0.3 is 0 Å². The number of Topliss-reactive ketones (excluding diaryl/α,β-unsaturated/α-hetero) is 1. The number of ketones is 1. The molecule has 0 aliphatic heterocycles. The summed E-state index contributed by atoms with van der Waals surface area (Å²) in [5, 5.41) is 8.70. The predicted molar refractivity (Wildman–Crippen MR) is 231 cm³/mol. The minimum atomic E-state index is -0.496. The Morgan fingerprint density at radius 2 is 1.16 bits per heavy atom. The van der Waals surface area contributed by atoms with Crippen molar-refractivity contribution in [3.05, 3.63) is 86.1 Å². The number of nitrogens with one attached hydrogen (secondary N) is 2. The third-order valence-electron chi connectivity index (χ3n) is 6.16. The van der Waals surface area contributed by atoms with Gasteiger partial charge in [-0.1, -0.05) is 158 Å². The van der Waals surface area contributed by atoms with E-state index in [0.717, 1.165) is 12.0 Å². The molecule has 0 heterocycles. The van der Waals surface area contributed by atoms with Crippen molar-refractivity contribution in [1.82, 2.24) is 10.6 Å². The Labute approximate surface area is 317 Å². The van der Waals surface area contributed by atoms with Crippen LogP contribution in [0.5, 0.6) is 0 Å². The van der Waals surface area contributed by atoms with Crippen molar-refractivity contribution in [3.63, 3.8) is 0 Å². The summed E-state index contributed by atoms with van der Waals surface area (Å²) in [6, 6.07) is 13.8. The smallest absolute Gasteiger partial charge is 0.239 e. The lowest BCUT2D eigenvalue weighted by Crippen LogP contribution is -2.48. The van der Waals surface area contributed by atoms with E-state index in [1.165, 1.54) is 17.2 Å². The van der Waals surface area contributed by atoms with Gasteiger partial charge in [-0.2, -0.15) is 0 Å². The van der Waals surface area contributed by atoms with Crippen LogP contribution in [0.2, 0.25) is 0 Å². The van der Waals surface area contributed by atoms with E-state index < -0.39 is 11.9 Å². The van der Waals surface area contributed by atoms with Crippen molar-refractivity contribution in [3.8, 4) is 0 Å². The van der Waals surface area contributed by atoms with Crippen molar-refractivity contribution in [2.75, 3.05) is 0 Å². The van der Waals surface area contributed by atoms with E-state index in [1.54, 1.807) is 13.0 Å². The zero-order valence-electron chi connectivity index (χ0n) is 36.2. The molecule has 0 aliphatic carbocycles. The highest BCUT2D eigenvalue weighted by atomic mass is 16.2. The summed E-state index contributed by atoms with van der Waals surface area (Å²) in [5.74, 6) is 0.302. The second kappa shape index (κ2) is 42.5. The molecular formula is C45H83N3O3. The van der Waals surface area contributed by atoms with Crippen LogP contribution in [-0.4, -0.2) is 29.7 Å². The molecule has 0 radical (unpaired) electrons. The van der Waals surface area contributed by atoms with Crippen molar-refractivity contribution >= 4 is 28.4 Å². The summed E-state index contributed by atoms with van der Waals surface area (Å²) in [4.78, 5) is 34.7. The number of rotatable bonds is 13. The zero-order valence-corrected chi connectivity index (χ0v) is 36.2. The molecule has 0 saturated carbocycles. The van der Waals surface area contributed by atoms with Crippen molar-refractivity contribution in [2.45, 2.75) is 155 Å². The van der Waals surface area contributed by atoms with Gasteiger partial charge in [0.15, 0.2) is 0 Å². The standard InChI is InChI=1S/C27H39N3O2.C4H8O.C3H8.C3H6.3C2H6.C2H4/c1-17(2)13-24(20(6)29-25(26(28)31)14-18(3)4)30-27(32)19(5)15-21-11-12-22-9-7-8-10-23(22)16-21;1-3-4(2)5;2*1-3-2;4*1-2/h7-12,16-19,24-25,29H,6,13-15H2,1-5H3,(H2,28,31)(H,30,32);3H2,1-2H3;3H2,1-2H3;3H,1H2,2H3;3*1-2H3;1-2H2/t19?,24-,25?;;;;;;;/m0......./s1. The van der Waals surface area contributed by atoms with Gasteiger partial charge in [0.05, 0.1) is 6.04 Å². The van der Waals surface area contributed by atoms with Crippen LogP contribution in [0.4, 0.5) is 0 Å². The number of hydrogen-bond donors (Lipinski definition) is 3. The van der Waals surface area contributed by atoms with Crippen LogP contribution in [0.15, 0.2) is 80.6 Å². The van der Waals surface area contributed by atoms with Crippen LogP contribution < -0.4 is 16.4 Å². The normalized spacial score (nSPS) is 10.7. The van der Waals surface area contributed by atoms with Gasteiger partial charge in [0.1, 0.15) is 11.8 Å². The highest BCUT2D eigenvalue weighted by molar-refractivity contribution is 5.84. The fraction of sp³-hybridized carbons (Fsp3) is 0.578. The maximum atomic E-state index is 13.0. The minimum Gasteiger partial charge on any atom is -0.376 e. The van der Waals surface area contributed by atoms with E-state index in [9.17, 15) is 14.4 Å². The van der Waals surface area contributed by atoms with Gasteiger partial charge in [-0.15, -0.1) is 19.7 Å². The first-order valence-electron chi connectivity index (χ1n) is 19.3. The van der Waals surface area contributed by atoms with Crippen LogP contribution in [-0.2, 0) is 20.8 Å². The number of benzene rings is 2. The third-order valence-corrected chi connectivity index (χ3v) is 6.16. The van der Waals surface area contributed by atoms with Gasteiger partial charge < -0.3 is 21.2 Å². The minimum absolute atomic E-state index is 0.0220. The van der Waals surface area contributed by atoms with Crippen molar-refractivity contribution < 1.29 is 14.4 Å². The lowest BCUT2D eigenvalue weighted by molar-refractivity contribution is -0.125. The molecule has 4 N–H and O–H groups in total. The number of allylic oxidation sites excluding steroid dienone is 1. The quantitative estimate of drug-likeness (QED) is 0.180. The molecule has 2 aromatic rings. The van der Waals surface area contributed by atoms with Gasteiger partial charge in [0.25, 0.3) is 0 Å². The Kier molecular flexibility index (Phi) is 49.6. The average Bonchev–Trinajstić information content (AvgIpc) is 3.11. The van der Waals surface area contributed by atoms with E-state index in [4.69, 9.17) is 5.73 Å². The van der Waals surface area contributed by atoms with E-state index in [0.29, 0.717) is 36.8 Å². The van der Waals surface area contributed by atoms with Crippen LogP contribution in [0, 0.1) is 17.8 Å². The Hall–Kier alpha value is -3.67. The fourth-order valence-corrected chi connectivity index (χ4v) is 3.93. The van der Waals surface area contributed by atoms with Crippen molar-refractivity contribution in [2.24, 2.45) is 23.5 Å². The molecule has 2 aromatic carbocycles. The average molecular weight is 714 g/mol. The third kappa shape index (κ3) is 35.9. The maximum absolute atomic E-state index is 13.0. The van der Waals surface area contributed by atoms with Crippen LogP contribution in [0.1, 0.15) is 142 Å². The monoisotopic (exact) mass is 714 g/mol. The van der Waals surface area contributed by atoms with Crippen molar-refractivity contribution in [1.29, 1.82) is 0 Å². The SMILES string of the molecule is C=C.C=C(NC(CC(C)C)C(N)=O)[C@H](CC(C)C)NC(=O)C(C)Cc1ccc2ccccc2c1.C=CC.CC.CC.CC.CCC.CCC(C)=O. The Morgan fingerprint density at radius 3 is 1.53 bits per heavy atom. The Balaban J connectivity index is -0.000000224. The summed E-state index contributed by atoms with van der Waals surface area (Å²) in [5.41, 5.74) is 7.35. The number of fused-ring (bicyclic) bond motifs is 1. The van der Waals surface area contributed by atoms with Gasteiger partial charge in [-0.3, -0.25) is 9.59 Å². The summed E-state index contributed by atoms with van der Waals surface area (Å²) in [6.45, 7) is 45.3. The molecule has 0 spiro atoms. The molecule has 0 aliphatic rings. The highest BCUT2D eigenvalue weighted by Crippen LogP contribution is 2.19. The number of amides is 2. The molecule has 3 atom stereocenters. The van der Waals surface area contributed by atoms with E-state index in [1.807, 2.05) is 88.3 Å². The summed E-state index contributed by atoms with van der Waals surface area (Å²) in [7, 11) is 0. The molecule has 2 rings (SSSR count). The molecular weight excluding hydrogens is 631 g/mol. The van der Waals surface area contributed by atoms with Crippen LogP contribution >= 0.6 is 0 Å². The topological polar surface area (TPSA) is 101 Å². The molecule has 51 heavy (non-hydrogen) atoms. The molecule has 6 nitrogen and oxygen atoms in total. The second-order valence-corrected chi connectivity index (χ2v) is 11.9. The lowest BCUT2D eigenvalue weighted by Gasteiger charge is -2.28. The zero-order chi connectivity index (χ0) is 41.5. The summed E-state index contributed by atoms with van der Waals surface area (Å²) >= 11 is 0. The molecule has 6 heteroatoms. The number of primary amides is 1. The molecule has 0 aromatic heterocycles. The molecule has 0 bridgehead atoms. The molecule has 296 valence electrons. The number of hydrogen-bond acceptors (Lipinski definition) is 4. The van der Waals surface area contributed by atoms with E-state index >= 15 is 0 Å². The van der Waals surface area contributed by atoms with Gasteiger partial charge in [0.2, 0.25) is 11.8 Å². The summed E-state index contributed by atoms with van der Waals surface area (Å²) in [6.07, 6.45) is 5.67.